The van der Waals surface area contributed by atoms with E-state index >= 15 is 0 Å². The highest BCUT2D eigenvalue weighted by atomic mass is 16.5. The first kappa shape index (κ1) is 17.2. The lowest BCUT2D eigenvalue weighted by Crippen LogP contribution is -2.64. The number of aromatic nitrogens is 2. The summed E-state index contributed by atoms with van der Waals surface area (Å²) in [5.41, 5.74) is 2.10. The quantitative estimate of drug-likeness (QED) is 0.820. The molecule has 2 fully saturated rings. The van der Waals surface area contributed by atoms with Crippen LogP contribution in [0.25, 0.3) is 0 Å². The lowest BCUT2D eigenvalue weighted by Gasteiger charge is -2.47. The molecule has 2 saturated heterocycles. The number of hydrogen-bond acceptors (Lipinski definition) is 4. The van der Waals surface area contributed by atoms with Crippen LogP contribution in [0.1, 0.15) is 17.7 Å². The first-order chi connectivity index (χ1) is 12.5. The summed E-state index contributed by atoms with van der Waals surface area (Å²) in [6, 6.07) is 12.8. The van der Waals surface area contributed by atoms with E-state index in [2.05, 4.69) is 41.3 Å². The summed E-state index contributed by atoms with van der Waals surface area (Å²) < 4.78 is 7.83. The van der Waals surface area contributed by atoms with Gasteiger partial charge < -0.3 is 9.64 Å². The maximum absolute atomic E-state index is 12.4. The van der Waals surface area contributed by atoms with Crippen molar-refractivity contribution in [1.29, 1.82) is 0 Å². The molecule has 0 aliphatic carbocycles. The number of ether oxygens (including phenoxy) is 1. The van der Waals surface area contributed by atoms with Gasteiger partial charge >= 0.3 is 0 Å². The number of carbonyl (C=O) groups is 1. The Kier molecular flexibility index (Phi) is 4.54. The monoisotopic (exact) mass is 354 g/mol. The molecule has 26 heavy (non-hydrogen) atoms. The summed E-state index contributed by atoms with van der Waals surface area (Å²) in [6.45, 7) is 5.29. The fourth-order valence-corrected chi connectivity index (χ4v) is 3.94. The van der Waals surface area contributed by atoms with Crippen molar-refractivity contribution in [2.75, 3.05) is 26.7 Å². The lowest BCUT2D eigenvalue weighted by molar-refractivity contribution is -0.158. The van der Waals surface area contributed by atoms with Crippen LogP contribution >= 0.6 is 0 Å². The van der Waals surface area contributed by atoms with Crippen molar-refractivity contribution >= 4 is 5.91 Å². The average molecular weight is 354 g/mol. The van der Waals surface area contributed by atoms with Crippen LogP contribution in [0.2, 0.25) is 0 Å². The van der Waals surface area contributed by atoms with Crippen molar-refractivity contribution in [2.24, 2.45) is 0 Å². The summed E-state index contributed by atoms with van der Waals surface area (Å²) in [7, 11) is 2.15. The molecular weight excluding hydrogens is 328 g/mol. The number of likely N-dealkylation sites (N-methyl/N-ethyl adjacent to an activating group) is 1. The van der Waals surface area contributed by atoms with Crippen molar-refractivity contribution < 1.29 is 9.53 Å². The van der Waals surface area contributed by atoms with Gasteiger partial charge in [0.1, 0.15) is 12.1 Å². The Hall–Kier alpha value is -2.18. The molecule has 6 nitrogen and oxygen atoms in total. The highest BCUT2D eigenvalue weighted by Crippen LogP contribution is 2.37. The molecule has 3 heterocycles. The fourth-order valence-electron chi connectivity index (χ4n) is 3.94. The molecule has 2 aliphatic rings. The minimum Gasteiger partial charge on any atom is -0.370 e. The molecule has 138 valence electrons. The van der Waals surface area contributed by atoms with E-state index in [-0.39, 0.29) is 11.5 Å². The molecule has 0 radical (unpaired) electrons. The topological polar surface area (TPSA) is 50.6 Å². The van der Waals surface area contributed by atoms with Crippen LogP contribution in [0.3, 0.4) is 0 Å². The van der Waals surface area contributed by atoms with Gasteiger partial charge in [-0.2, -0.15) is 5.10 Å². The van der Waals surface area contributed by atoms with Gasteiger partial charge in [0, 0.05) is 18.8 Å². The van der Waals surface area contributed by atoms with Crippen molar-refractivity contribution in [3.63, 3.8) is 0 Å². The minimum absolute atomic E-state index is 0.114. The smallest absolute Gasteiger partial charge is 0.244 e. The zero-order valence-corrected chi connectivity index (χ0v) is 15.5. The molecule has 1 spiro atoms. The van der Waals surface area contributed by atoms with Crippen molar-refractivity contribution in [3.8, 4) is 0 Å². The Morgan fingerprint density at radius 3 is 2.77 bits per heavy atom. The van der Waals surface area contributed by atoms with E-state index in [9.17, 15) is 4.79 Å². The SMILES string of the molecule is Cc1ccn(CC(=O)N2CC3(CC(N(C)Cc4ccccc4)CO3)C2)n1. The maximum atomic E-state index is 12.4. The first-order valence-electron chi connectivity index (χ1n) is 9.19. The molecule has 2 aromatic rings. The molecule has 6 heteroatoms. The van der Waals surface area contributed by atoms with Gasteiger partial charge in [-0.05, 0) is 32.0 Å². The number of amides is 1. The Balaban J connectivity index is 1.27. The Morgan fingerprint density at radius 1 is 1.31 bits per heavy atom. The molecule has 0 saturated carbocycles. The summed E-state index contributed by atoms with van der Waals surface area (Å²) in [5, 5.41) is 4.29. The van der Waals surface area contributed by atoms with Crippen LogP contribution in [0.5, 0.6) is 0 Å². The van der Waals surface area contributed by atoms with Gasteiger partial charge in [-0.25, -0.2) is 0 Å². The summed E-state index contributed by atoms with van der Waals surface area (Å²) in [5.74, 6) is 0.114. The maximum Gasteiger partial charge on any atom is 0.244 e. The van der Waals surface area contributed by atoms with Crippen LogP contribution in [-0.4, -0.2) is 63.9 Å². The minimum atomic E-state index is -0.148. The molecule has 0 bridgehead atoms. The molecular formula is C20H26N4O2. The normalized spacial score (nSPS) is 21.3. The molecule has 1 atom stereocenters. The van der Waals surface area contributed by atoms with Crippen molar-refractivity contribution in [3.05, 3.63) is 53.9 Å². The number of likely N-dealkylation sites (tertiary alicyclic amines) is 1. The highest BCUT2D eigenvalue weighted by molar-refractivity contribution is 5.77. The standard InChI is InChI=1S/C20H26N4O2/c1-16-8-9-24(21-16)12-19(25)23-14-20(15-23)10-18(13-26-20)22(2)11-17-6-4-3-5-7-17/h3-9,18H,10-15H2,1-2H3. The second kappa shape index (κ2) is 6.85. The Labute approximate surface area is 154 Å². The molecule has 1 amide bonds. The second-order valence-electron chi connectivity index (χ2n) is 7.66. The van der Waals surface area contributed by atoms with Crippen LogP contribution in [-0.2, 0) is 22.6 Å². The molecule has 1 aromatic carbocycles. The molecule has 0 N–H and O–H groups in total. The largest absolute Gasteiger partial charge is 0.370 e. The lowest BCUT2D eigenvalue weighted by atomic mass is 9.89. The van der Waals surface area contributed by atoms with E-state index in [1.165, 1.54) is 5.56 Å². The number of benzene rings is 1. The van der Waals surface area contributed by atoms with E-state index in [1.54, 1.807) is 4.68 Å². The third-order valence-electron chi connectivity index (χ3n) is 5.47. The van der Waals surface area contributed by atoms with E-state index < -0.39 is 0 Å². The van der Waals surface area contributed by atoms with E-state index in [0.717, 1.165) is 25.3 Å². The molecule has 1 aromatic heterocycles. The van der Waals surface area contributed by atoms with Crippen molar-refractivity contribution in [1.82, 2.24) is 19.6 Å². The summed E-state index contributed by atoms with van der Waals surface area (Å²) >= 11 is 0. The zero-order valence-electron chi connectivity index (χ0n) is 15.5. The number of carbonyl (C=O) groups excluding carboxylic acids is 1. The number of rotatable bonds is 5. The van der Waals surface area contributed by atoms with Crippen LogP contribution in [0.15, 0.2) is 42.6 Å². The molecule has 4 rings (SSSR count). The third-order valence-corrected chi connectivity index (χ3v) is 5.47. The zero-order chi connectivity index (χ0) is 18.1. The first-order valence-corrected chi connectivity index (χ1v) is 9.19. The van der Waals surface area contributed by atoms with Gasteiger partial charge in [-0.1, -0.05) is 30.3 Å². The van der Waals surface area contributed by atoms with Crippen LogP contribution in [0, 0.1) is 6.92 Å². The summed E-state index contributed by atoms with van der Waals surface area (Å²) in [6.07, 6.45) is 2.84. The molecule has 1 unspecified atom stereocenters. The fraction of sp³-hybridized carbons (Fsp3) is 0.500. The van der Waals surface area contributed by atoms with Gasteiger partial charge in [0.25, 0.3) is 0 Å². The Bertz CT molecular complexity index is 767. The van der Waals surface area contributed by atoms with Crippen molar-refractivity contribution in [2.45, 2.75) is 38.1 Å². The van der Waals surface area contributed by atoms with Gasteiger partial charge in [-0.3, -0.25) is 14.4 Å². The van der Waals surface area contributed by atoms with E-state index in [4.69, 9.17) is 4.74 Å². The van der Waals surface area contributed by atoms with Crippen LogP contribution in [0.4, 0.5) is 0 Å². The Morgan fingerprint density at radius 2 is 2.08 bits per heavy atom. The van der Waals surface area contributed by atoms with Gasteiger partial charge in [0.15, 0.2) is 0 Å². The van der Waals surface area contributed by atoms with E-state index in [0.29, 0.717) is 25.7 Å². The predicted octanol–water partition coefficient (Wildman–Crippen LogP) is 1.69. The highest BCUT2D eigenvalue weighted by Gasteiger charge is 2.51. The average Bonchev–Trinajstić information content (AvgIpc) is 3.21. The van der Waals surface area contributed by atoms with E-state index in [1.807, 2.05) is 30.2 Å². The second-order valence-corrected chi connectivity index (χ2v) is 7.66. The van der Waals surface area contributed by atoms with Gasteiger partial charge in [0.05, 0.1) is 25.4 Å². The predicted molar refractivity (Wildman–Crippen MR) is 98.5 cm³/mol. The van der Waals surface area contributed by atoms with Gasteiger partial charge in [0.2, 0.25) is 5.91 Å². The number of aryl methyl sites for hydroxylation is 1. The summed E-state index contributed by atoms with van der Waals surface area (Å²) in [4.78, 5) is 16.6. The van der Waals surface area contributed by atoms with Gasteiger partial charge in [-0.15, -0.1) is 0 Å². The molecule has 2 aliphatic heterocycles. The number of hydrogen-bond donors (Lipinski definition) is 0. The third kappa shape index (κ3) is 3.52. The van der Waals surface area contributed by atoms with Crippen LogP contribution < -0.4 is 0 Å². The number of nitrogens with zero attached hydrogens (tertiary/aromatic N) is 4.